The third-order valence-corrected chi connectivity index (χ3v) is 3.34. The fourth-order valence-electron chi connectivity index (χ4n) is 1.83. The van der Waals surface area contributed by atoms with E-state index in [-0.39, 0.29) is 18.4 Å². The summed E-state index contributed by atoms with van der Waals surface area (Å²) in [6, 6.07) is 4.55. The van der Waals surface area contributed by atoms with E-state index < -0.39 is 0 Å². The number of amides is 2. The van der Waals surface area contributed by atoms with Crippen molar-refractivity contribution in [1.29, 1.82) is 0 Å². The van der Waals surface area contributed by atoms with Gasteiger partial charge in [-0.2, -0.15) is 0 Å². The minimum Gasteiger partial charge on any atom is -0.334 e. The number of benzene rings is 1. The highest BCUT2D eigenvalue weighted by molar-refractivity contribution is 9.10. The van der Waals surface area contributed by atoms with Crippen molar-refractivity contribution in [2.24, 2.45) is 0 Å². The Labute approximate surface area is 114 Å². The zero-order chi connectivity index (χ0) is 13.0. The molecule has 0 saturated carbocycles. The first-order chi connectivity index (χ1) is 8.66. The first kappa shape index (κ1) is 13.3. The number of hydrogen-bond acceptors (Lipinski definition) is 2. The van der Waals surface area contributed by atoms with Crippen LogP contribution in [0.15, 0.2) is 22.7 Å². The first-order valence-electron chi connectivity index (χ1n) is 5.84. The van der Waals surface area contributed by atoms with Gasteiger partial charge >= 0.3 is 6.03 Å². The van der Waals surface area contributed by atoms with E-state index in [1.165, 1.54) is 6.07 Å². The fourth-order valence-corrected chi connectivity index (χ4v) is 2.24. The Morgan fingerprint density at radius 1 is 1.44 bits per heavy atom. The molecule has 0 aromatic heterocycles. The Bertz CT molecular complexity index is 435. The molecule has 0 atom stereocenters. The smallest absolute Gasteiger partial charge is 0.317 e. The fraction of sp³-hybridized carbons (Fsp3) is 0.417. The molecule has 2 amide bonds. The number of nitrogens with zero attached hydrogens (tertiary/aromatic N) is 1. The second kappa shape index (κ2) is 6.15. The number of rotatable bonds is 2. The molecular formula is C12H15BrFN3O. The summed E-state index contributed by atoms with van der Waals surface area (Å²) in [5.41, 5.74) is 0.479. The Morgan fingerprint density at radius 2 is 2.17 bits per heavy atom. The average Bonchev–Trinajstić information content (AvgIpc) is 2.40. The Balaban J connectivity index is 1.90. The van der Waals surface area contributed by atoms with Crippen LogP contribution in [0.25, 0.3) is 0 Å². The van der Waals surface area contributed by atoms with Gasteiger partial charge in [0.1, 0.15) is 5.82 Å². The summed E-state index contributed by atoms with van der Waals surface area (Å²) >= 11 is 3.28. The number of carbonyl (C=O) groups is 1. The molecule has 1 saturated heterocycles. The first-order valence-corrected chi connectivity index (χ1v) is 6.63. The van der Waals surface area contributed by atoms with Crippen LogP contribution in [-0.4, -0.2) is 37.1 Å². The van der Waals surface area contributed by atoms with Crippen LogP contribution in [0.2, 0.25) is 0 Å². The molecule has 0 bridgehead atoms. The van der Waals surface area contributed by atoms with Crippen molar-refractivity contribution < 1.29 is 9.18 Å². The van der Waals surface area contributed by atoms with Crippen molar-refractivity contribution in [3.63, 3.8) is 0 Å². The van der Waals surface area contributed by atoms with E-state index >= 15 is 0 Å². The highest BCUT2D eigenvalue weighted by Crippen LogP contribution is 2.15. The Kier molecular flexibility index (Phi) is 4.54. The topological polar surface area (TPSA) is 44.4 Å². The van der Waals surface area contributed by atoms with Gasteiger partial charge in [-0.15, -0.1) is 0 Å². The monoisotopic (exact) mass is 315 g/mol. The quantitative estimate of drug-likeness (QED) is 0.872. The molecule has 0 radical (unpaired) electrons. The predicted molar refractivity (Wildman–Crippen MR) is 70.8 cm³/mol. The van der Waals surface area contributed by atoms with Crippen LogP contribution in [0.4, 0.5) is 9.18 Å². The maximum Gasteiger partial charge on any atom is 0.317 e. The SMILES string of the molecule is O=C(NCc1cc(Br)ccc1F)N1CCNCC1. The highest BCUT2D eigenvalue weighted by Gasteiger charge is 2.15. The molecule has 2 N–H and O–H groups in total. The summed E-state index contributed by atoms with van der Waals surface area (Å²) < 4.78 is 14.3. The third-order valence-electron chi connectivity index (χ3n) is 2.84. The molecule has 18 heavy (non-hydrogen) atoms. The largest absolute Gasteiger partial charge is 0.334 e. The van der Waals surface area contributed by atoms with E-state index in [0.29, 0.717) is 18.7 Å². The van der Waals surface area contributed by atoms with E-state index in [0.717, 1.165) is 17.6 Å². The van der Waals surface area contributed by atoms with Crippen molar-refractivity contribution in [3.05, 3.63) is 34.1 Å². The molecule has 98 valence electrons. The van der Waals surface area contributed by atoms with Gasteiger partial charge in [0, 0.05) is 42.8 Å². The van der Waals surface area contributed by atoms with Crippen LogP contribution in [0, 0.1) is 5.82 Å². The summed E-state index contributed by atoms with van der Waals surface area (Å²) in [6.45, 7) is 3.19. The number of nitrogens with one attached hydrogen (secondary N) is 2. The summed E-state index contributed by atoms with van der Waals surface area (Å²) in [5.74, 6) is -0.307. The van der Waals surface area contributed by atoms with Crippen LogP contribution < -0.4 is 10.6 Å². The normalized spacial score (nSPS) is 15.6. The molecule has 1 heterocycles. The van der Waals surface area contributed by atoms with Crippen molar-refractivity contribution in [1.82, 2.24) is 15.5 Å². The second-order valence-electron chi connectivity index (χ2n) is 4.13. The highest BCUT2D eigenvalue weighted by atomic mass is 79.9. The van der Waals surface area contributed by atoms with Gasteiger partial charge in [0.25, 0.3) is 0 Å². The van der Waals surface area contributed by atoms with E-state index in [2.05, 4.69) is 26.6 Å². The predicted octanol–water partition coefficient (Wildman–Crippen LogP) is 1.70. The molecule has 1 aliphatic rings. The molecule has 6 heteroatoms. The lowest BCUT2D eigenvalue weighted by atomic mass is 10.2. The lowest BCUT2D eigenvalue weighted by molar-refractivity contribution is 0.189. The van der Waals surface area contributed by atoms with Crippen molar-refractivity contribution >= 4 is 22.0 Å². The van der Waals surface area contributed by atoms with Crippen LogP contribution >= 0.6 is 15.9 Å². The summed E-state index contributed by atoms with van der Waals surface area (Å²) in [6.07, 6.45) is 0. The van der Waals surface area contributed by atoms with Gasteiger partial charge in [-0.3, -0.25) is 0 Å². The van der Waals surface area contributed by atoms with Gasteiger partial charge in [0.2, 0.25) is 0 Å². The van der Waals surface area contributed by atoms with E-state index in [9.17, 15) is 9.18 Å². The summed E-state index contributed by atoms with van der Waals surface area (Å²) in [4.78, 5) is 13.5. The van der Waals surface area contributed by atoms with Gasteiger partial charge in [0.15, 0.2) is 0 Å². The van der Waals surface area contributed by atoms with Gasteiger partial charge in [-0.05, 0) is 18.2 Å². The summed E-state index contributed by atoms with van der Waals surface area (Å²) in [7, 11) is 0. The molecule has 0 spiro atoms. The number of urea groups is 1. The van der Waals surface area contributed by atoms with Gasteiger partial charge in [0.05, 0.1) is 0 Å². The average molecular weight is 316 g/mol. The molecule has 1 aromatic rings. The number of hydrogen-bond donors (Lipinski definition) is 2. The zero-order valence-electron chi connectivity index (χ0n) is 9.88. The maximum atomic E-state index is 13.5. The van der Waals surface area contributed by atoms with E-state index in [1.807, 2.05) is 0 Å². The zero-order valence-corrected chi connectivity index (χ0v) is 11.5. The lowest BCUT2D eigenvalue weighted by Gasteiger charge is -2.27. The van der Waals surface area contributed by atoms with Crippen molar-refractivity contribution in [3.8, 4) is 0 Å². The van der Waals surface area contributed by atoms with Gasteiger partial charge < -0.3 is 15.5 Å². The van der Waals surface area contributed by atoms with Crippen molar-refractivity contribution in [2.45, 2.75) is 6.54 Å². The third kappa shape index (κ3) is 3.43. The van der Waals surface area contributed by atoms with Crippen LogP contribution in [-0.2, 0) is 6.54 Å². The minimum absolute atomic E-state index is 0.143. The maximum absolute atomic E-state index is 13.5. The molecular weight excluding hydrogens is 301 g/mol. The van der Waals surface area contributed by atoms with E-state index in [1.54, 1.807) is 17.0 Å². The molecule has 2 rings (SSSR count). The van der Waals surface area contributed by atoms with Gasteiger partial charge in [-0.25, -0.2) is 9.18 Å². The molecule has 0 unspecified atom stereocenters. The summed E-state index contributed by atoms with van der Waals surface area (Å²) in [5, 5.41) is 5.91. The molecule has 1 fully saturated rings. The van der Waals surface area contributed by atoms with Crippen LogP contribution in [0.5, 0.6) is 0 Å². The minimum atomic E-state index is -0.307. The van der Waals surface area contributed by atoms with Crippen LogP contribution in [0.3, 0.4) is 0 Å². The second-order valence-corrected chi connectivity index (χ2v) is 5.05. The van der Waals surface area contributed by atoms with Crippen molar-refractivity contribution in [2.75, 3.05) is 26.2 Å². The molecule has 4 nitrogen and oxygen atoms in total. The van der Waals surface area contributed by atoms with Gasteiger partial charge in [-0.1, -0.05) is 15.9 Å². The molecule has 1 aliphatic heterocycles. The van der Waals surface area contributed by atoms with Crippen LogP contribution in [0.1, 0.15) is 5.56 Å². The number of carbonyl (C=O) groups excluding carboxylic acids is 1. The molecule has 0 aliphatic carbocycles. The number of halogens is 2. The van der Waals surface area contributed by atoms with E-state index in [4.69, 9.17) is 0 Å². The number of piperazine rings is 1. The Morgan fingerprint density at radius 3 is 2.89 bits per heavy atom. The lowest BCUT2D eigenvalue weighted by Crippen LogP contribution is -2.50. The molecule has 1 aromatic carbocycles. The Hall–Kier alpha value is -1.14. The standard InChI is InChI=1S/C12H15BrFN3O/c13-10-1-2-11(14)9(7-10)8-16-12(18)17-5-3-15-4-6-17/h1-2,7,15H,3-6,8H2,(H,16,18).